The van der Waals surface area contributed by atoms with Gasteiger partial charge in [-0.05, 0) is 19.4 Å². The topological polar surface area (TPSA) is 112 Å². The molecule has 0 aliphatic heterocycles. The van der Waals surface area contributed by atoms with Gasteiger partial charge in [0, 0.05) is 30.7 Å². The largest absolute Gasteiger partial charge is 0.454 e. The lowest BCUT2D eigenvalue weighted by molar-refractivity contribution is -0.139. The summed E-state index contributed by atoms with van der Waals surface area (Å²) in [4.78, 5) is 47.3. The number of ether oxygens (including phenoxy) is 1. The number of aromatic nitrogens is 5. The fourth-order valence-electron chi connectivity index (χ4n) is 2.83. The molecule has 0 aromatic carbocycles. The summed E-state index contributed by atoms with van der Waals surface area (Å²) in [6.07, 6.45) is 6.20. The van der Waals surface area contributed by atoms with Crippen molar-refractivity contribution in [2.75, 3.05) is 0 Å². The number of carbonyl (C=O) groups is 1. The van der Waals surface area contributed by atoms with Gasteiger partial charge < -0.3 is 9.30 Å². The number of aromatic amines is 1. The predicted octanol–water partition coefficient (Wildman–Crippen LogP) is 1.92. The lowest BCUT2D eigenvalue weighted by Crippen LogP contribution is -2.31. The molecule has 0 radical (unpaired) electrons. The van der Waals surface area contributed by atoms with Crippen LogP contribution in [0.1, 0.15) is 37.5 Å². The molecule has 10 heteroatoms. The van der Waals surface area contributed by atoms with Gasteiger partial charge in [-0.15, -0.1) is 11.3 Å². The first-order chi connectivity index (χ1) is 13.5. The van der Waals surface area contributed by atoms with E-state index in [1.54, 1.807) is 16.8 Å². The minimum absolute atomic E-state index is 0.106. The van der Waals surface area contributed by atoms with E-state index in [0.717, 1.165) is 12.8 Å². The molecule has 0 bridgehead atoms. The highest BCUT2D eigenvalue weighted by atomic mass is 32.1. The van der Waals surface area contributed by atoms with E-state index in [9.17, 15) is 14.4 Å². The number of nitrogens with zero attached hydrogens (tertiary/aromatic N) is 4. The summed E-state index contributed by atoms with van der Waals surface area (Å²) in [6, 6.07) is 0. The van der Waals surface area contributed by atoms with E-state index in [4.69, 9.17) is 4.74 Å². The van der Waals surface area contributed by atoms with Crippen LogP contribution in [0, 0.1) is 0 Å². The van der Waals surface area contributed by atoms with E-state index in [1.165, 1.54) is 22.0 Å². The summed E-state index contributed by atoms with van der Waals surface area (Å²) in [5.41, 5.74) is -0.360. The number of hydrogen-bond acceptors (Lipinski definition) is 7. The van der Waals surface area contributed by atoms with Crippen LogP contribution in [-0.2, 0) is 29.2 Å². The number of hydrogen-bond donors (Lipinski definition) is 1. The summed E-state index contributed by atoms with van der Waals surface area (Å²) in [5, 5.41) is 2.51. The molecule has 3 heterocycles. The summed E-state index contributed by atoms with van der Waals surface area (Å²) in [6.45, 7) is 4.68. The second kappa shape index (κ2) is 8.79. The number of H-pyrrole nitrogens is 1. The average Bonchev–Trinajstić information content (AvgIpc) is 3.32. The first kappa shape index (κ1) is 19.7. The first-order valence-corrected chi connectivity index (χ1v) is 9.89. The van der Waals surface area contributed by atoms with Gasteiger partial charge in [0.15, 0.2) is 11.2 Å². The number of aryl methyl sites for hydroxylation is 2. The number of thiazole rings is 1. The number of imidazole rings is 1. The molecule has 0 aliphatic rings. The predicted molar refractivity (Wildman–Crippen MR) is 106 cm³/mol. The quantitative estimate of drug-likeness (QED) is 0.454. The molecule has 0 saturated heterocycles. The molecule has 0 amide bonds. The second-order valence-corrected chi connectivity index (χ2v) is 6.95. The van der Waals surface area contributed by atoms with E-state index >= 15 is 0 Å². The van der Waals surface area contributed by atoms with Gasteiger partial charge in [0.1, 0.15) is 17.4 Å². The summed E-state index contributed by atoms with van der Waals surface area (Å²) >= 11 is 1.41. The number of rotatable bonds is 8. The van der Waals surface area contributed by atoms with Crippen LogP contribution in [0.15, 0.2) is 27.2 Å². The van der Waals surface area contributed by atoms with Gasteiger partial charge in [-0.3, -0.25) is 14.3 Å². The van der Waals surface area contributed by atoms with E-state index in [-0.39, 0.29) is 6.61 Å². The standard InChI is InChI=1S/C18H21N5O4S/c1-3-5-9-23-16-15(17(25)21-18(23)26)22(4-2)12(20-16)11-27-14(24)7-6-13-19-8-10-28-13/h6-8,10H,3-5,9,11H2,1-2H3,(H,21,25,26). The Morgan fingerprint density at radius 3 is 2.82 bits per heavy atom. The third kappa shape index (κ3) is 4.11. The van der Waals surface area contributed by atoms with Crippen molar-refractivity contribution in [3.63, 3.8) is 0 Å². The van der Waals surface area contributed by atoms with Gasteiger partial charge in [0.25, 0.3) is 5.56 Å². The Bertz CT molecular complexity index is 1110. The number of fused-ring (bicyclic) bond motifs is 1. The van der Waals surface area contributed by atoms with Crippen LogP contribution >= 0.6 is 11.3 Å². The molecule has 0 spiro atoms. The molecule has 1 N–H and O–H groups in total. The lowest BCUT2D eigenvalue weighted by Gasteiger charge is -2.06. The molecule has 3 aromatic heterocycles. The molecule has 3 rings (SSSR count). The first-order valence-electron chi connectivity index (χ1n) is 9.01. The van der Waals surface area contributed by atoms with Gasteiger partial charge in [0.2, 0.25) is 0 Å². The Kier molecular flexibility index (Phi) is 6.19. The zero-order chi connectivity index (χ0) is 20.1. The number of esters is 1. The van der Waals surface area contributed by atoms with Crippen LogP contribution in [0.2, 0.25) is 0 Å². The maximum atomic E-state index is 12.3. The molecular formula is C18H21N5O4S. The monoisotopic (exact) mass is 403 g/mol. The van der Waals surface area contributed by atoms with Gasteiger partial charge >= 0.3 is 11.7 Å². The molecule has 0 fully saturated rings. The molecule has 3 aromatic rings. The highest BCUT2D eigenvalue weighted by Gasteiger charge is 2.18. The van der Waals surface area contributed by atoms with E-state index in [1.807, 2.05) is 19.2 Å². The molecule has 9 nitrogen and oxygen atoms in total. The van der Waals surface area contributed by atoms with Crippen molar-refractivity contribution in [1.29, 1.82) is 0 Å². The third-order valence-electron chi connectivity index (χ3n) is 4.17. The van der Waals surface area contributed by atoms with Crippen molar-refractivity contribution in [3.8, 4) is 0 Å². The van der Waals surface area contributed by atoms with Crippen molar-refractivity contribution < 1.29 is 9.53 Å². The van der Waals surface area contributed by atoms with Crippen LogP contribution in [0.25, 0.3) is 17.2 Å². The molecule has 0 atom stereocenters. The fraction of sp³-hybridized carbons (Fsp3) is 0.389. The summed E-state index contributed by atoms with van der Waals surface area (Å²) in [5.74, 6) is -0.128. The molecule has 0 saturated carbocycles. The molecule has 0 unspecified atom stereocenters. The van der Waals surface area contributed by atoms with Crippen molar-refractivity contribution in [2.45, 2.75) is 46.4 Å². The average molecular weight is 403 g/mol. The Morgan fingerprint density at radius 1 is 1.32 bits per heavy atom. The smallest absolute Gasteiger partial charge is 0.331 e. The van der Waals surface area contributed by atoms with Crippen LogP contribution in [0.5, 0.6) is 0 Å². The maximum Gasteiger partial charge on any atom is 0.331 e. The van der Waals surface area contributed by atoms with Crippen LogP contribution in [-0.4, -0.2) is 30.1 Å². The van der Waals surface area contributed by atoms with Gasteiger partial charge in [0.05, 0.1) is 0 Å². The van der Waals surface area contributed by atoms with E-state index in [0.29, 0.717) is 35.1 Å². The Labute approximate surface area is 164 Å². The second-order valence-electron chi connectivity index (χ2n) is 6.02. The van der Waals surface area contributed by atoms with Crippen molar-refractivity contribution in [3.05, 3.63) is 49.3 Å². The van der Waals surface area contributed by atoms with Crippen molar-refractivity contribution in [1.82, 2.24) is 24.1 Å². The molecule has 0 aliphatic carbocycles. The Morgan fingerprint density at radius 2 is 2.14 bits per heavy atom. The summed E-state index contributed by atoms with van der Waals surface area (Å²) < 4.78 is 8.38. The zero-order valence-electron chi connectivity index (χ0n) is 15.7. The van der Waals surface area contributed by atoms with Gasteiger partial charge in [-0.1, -0.05) is 13.3 Å². The normalized spacial score (nSPS) is 11.5. The van der Waals surface area contributed by atoms with Crippen molar-refractivity contribution in [2.24, 2.45) is 0 Å². The maximum absolute atomic E-state index is 12.3. The Balaban J connectivity index is 1.88. The highest BCUT2D eigenvalue weighted by Crippen LogP contribution is 2.13. The number of nitrogens with one attached hydrogen (secondary N) is 1. The minimum atomic E-state index is -0.540. The Hall–Kier alpha value is -3.01. The lowest BCUT2D eigenvalue weighted by atomic mass is 10.3. The summed E-state index contributed by atoms with van der Waals surface area (Å²) in [7, 11) is 0. The van der Waals surface area contributed by atoms with Crippen LogP contribution in [0.4, 0.5) is 0 Å². The molecule has 148 valence electrons. The van der Waals surface area contributed by atoms with Gasteiger partial charge in [-0.25, -0.2) is 19.6 Å². The highest BCUT2D eigenvalue weighted by molar-refractivity contribution is 7.10. The number of carbonyl (C=O) groups excluding carboxylic acids is 1. The van der Waals surface area contributed by atoms with E-state index < -0.39 is 17.2 Å². The number of unbranched alkanes of at least 4 members (excludes halogenated alkanes) is 1. The van der Waals surface area contributed by atoms with Crippen LogP contribution in [0.3, 0.4) is 0 Å². The van der Waals surface area contributed by atoms with E-state index in [2.05, 4.69) is 15.0 Å². The third-order valence-corrected chi connectivity index (χ3v) is 4.91. The fourth-order valence-corrected chi connectivity index (χ4v) is 3.36. The van der Waals surface area contributed by atoms with Gasteiger partial charge in [-0.2, -0.15) is 0 Å². The molecule has 28 heavy (non-hydrogen) atoms. The minimum Gasteiger partial charge on any atom is -0.454 e. The van der Waals surface area contributed by atoms with Crippen LogP contribution < -0.4 is 11.2 Å². The molecular weight excluding hydrogens is 382 g/mol. The zero-order valence-corrected chi connectivity index (χ0v) is 16.5. The van der Waals surface area contributed by atoms with Crippen molar-refractivity contribution >= 4 is 34.5 Å². The SMILES string of the molecule is CCCCn1c(=O)[nH]c(=O)c2c1nc(COC(=O)C=Cc1nccs1)n2CC.